The number of thiazole rings is 1. The summed E-state index contributed by atoms with van der Waals surface area (Å²) in [6, 6.07) is 40.1. The number of halogens is 14. The second-order valence-corrected chi connectivity index (χ2v) is 21.5. The molecular formula is C65H57F14N5O7S. The van der Waals surface area contributed by atoms with Gasteiger partial charge in [0.1, 0.15) is 23.0 Å². The predicted molar refractivity (Wildman–Crippen MR) is 315 cm³/mol. The minimum atomic E-state index is -5.07. The van der Waals surface area contributed by atoms with E-state index in [1.165, 1.54) is 72.1 Å². The molecule has 0 unspecified atom stereocenters. The van der Waals surface area contributed by atoms with Gasteiger partial charge in [-0.2, -0.15) is 0 Å². The van der Waals surface area contributed by atoms with Crippen LogP contribution in [0.4, 0.5) is 76.2 Å². The lowest BCUT2D eigenvalue weighted by molar-refractivity contribution is -0.275. The number of ether oxygens (including phenoxy) is 4. The molecule has 92 heavy (non-hydrogen) atoms. The molecule has 0 spiro atoms. The normalized spacial score (nSPS) is 12.2. The number of allylic oxidation sites excluding steroid dienone is 1. The first kappa shape index (κ1) is 69.9. The molecule has 0 radical (unpaired) electrons. The number of aromatic nitrogens is 1. The maximum Gasteiger partial charge on any atom is 0.573 e. The Kier molecular flexibility index (Phi) is 22.9. The van der Waals surface area contributed by atoms with Crippen LogP contribution in [0.15, 0.2) is 200 Å². The largest absolute Gasteiger partial charge is 0.573 e. The van der Waals surface area contributed by atoms with E-state index in [4.69, 9.17) is 0 Å². The van der Waals surface area contributed by atoms with Crippen LogP contribution >= 0.6 is 11.3 Å². The first-order valence-electron chi connectivity index (χ1n) is 27.7. The third-order valence-corrected chi connectivity index (χ3v) is 14.3. The van der Waals surface area contributed by atoms with Gasteiger partial charge in [0.05, 0.1) is 22.5 Å². The number of carbonyl (C=O) groups excluding carboxylic acids is 2. The van der Waals surface area contributed by atoms with E-state index < -0.39 is 77.5 Å². The monoisotopic (exact) mass is 1320 g/mol. The number of nitrogens with zero attached hydrogens (tertiary/aromatic N) is 1. The van der Waals surface area contributed by atoms with Crippen molar-refractivity contribution in [1.82, 2.24) is 20.9 Å². The van der Waals surface area contributed by atoms with E-state index in [-0.39, 0.29) is 63.8 Å². The van der Waals surface area contributed by atoms with Crippen LogP contribution in [0.5, 0.6) is 23.0 Å². The van der Waals surface area contributed by atoms with E-state index in [0.717, 1.165) is 86.1 Å². The molecule has 7 aromatic carbocycles. The van der Waals surface area contributed by atoms with Gasteiger partial charge in [-0.05, 0) is 101 Å². The molecule has 5 N–H and O–H groups in total. The highest BCUT2D eigenvalue weighted by atomic mass is 32.1. The Labute approximate surface area is 521 Å². The number of urea groups is 2. The van der Waals surface area contributed by atoms with Crippen molar-refractivity contribution in [3.8, 4) is 34.3 Å². The second kappa shape index (κ2) is 30.1. The lowest BCUT2D eigenvalue weighted by Crippen LogP contribution is -2.52. The fourth-order valence-electron chi connectivity index (χ4n) is 9.74. The number of unbranched alkanes of at least 4 members (excludes halogenated alkanes) is 3. The summed E-state index contributed by atoms with van der Waals surface area (Å²) in [5, 5.41) is 21.6. The summed E-state index contributed by atoms with van der Waals surface area (Å²) in [7, 11) is 0. The second-order valence-electron chi connectivity index (χ2n) is 20.6. The molecule has 1 aromatic heterocycles. The highest BCUT2D eigenvalue weighted by Gasteiger charge is 2.42. The van der Waals surface area contributed by atoms with Crippen LogP contribution in [0, 0.1) is 0 Å². The van der Waals surface area contributed by atoms with Crippen molar-refractivity contribution in [1.29, 1.82) is 0 Å². The number of aliphatic hydroxyl groups excluding tert-OH is 1. The Balaban J connectivity index is 0.000000263. The van der Waals surface area contributed by atoms with Crippen LogP contribution in [0.2, 0.25) is 0 Å². The van der Waals surface area contributed by atoms with Crippen molar-refractivity contribution in [3.63, 3.8) is 0 Å². The van der Waals surface area contributed by atoms with E-state index in [1.807, 2.05) is 0 Å². The Hall–Kier alpha value is -9.53. The van der Waals surface area contributed by atoms with Gasteiger partial charge < -0.3 is 40.0 Å². The van der Waals surface area contributed by atoms with Gasteiger partial charge in [0.25, 0.3) is 5.92 Å². The number of hydrogen-bond acceptors (Lipinski definition) is 9. The van der Waals surface area contributed by atoms with Gasteiger partial charge in [-0.25, -0.2) is 23.4 Å². The van der Waals surface area contributed by atoms with Crippen LogP contribution in [0.1, 0.15) is 78.0 Å². The molecule has 8 aromatic rings. The molecule has 4 amide bonds. The molecule has 488 valence electrons. The minimum Gasteiger partial charge on any atom is -0.513 e. The highest BCUT2D eigenvalue weighted by Crippen LogP contribution is 2.41. The van der Waals surface area contributed by atoms with Crippen LogP contribution < -0.4 is 40.2 Å². The summed E-state index contributed by atoms with van der Waals surface area (Å²) in [4.78, 5) is 31.4. The lowest BCUT2D eigenvalue weighted by Gasteiger charge is -2.37. The van der Waals surface area contributed by atoms with Gasteiger partial charge in [0.2, 0.25) is 0 Å². The average molecular weight is 1320 g/mol. The van der Waals surface area contributed by atoms with Gasteiger partial charge in [-0.3, -0.25) is 5.32 Å². The average Bonchev–Trinajstić information content (AvgIpc) is 0.857. The molecule has 0 fully saturated rings. The van der Waals surface area contributed by atoms with Crippen molar-refractivity contribution in [2.45, 2.75) is 94.3 Å². The molecule has 27 heteroatoms. The summed E-state index contributed by atoms with van der Waals surface area (Å²) in [5.74, 6) is -5.44. The molecule has 0 aliphatic heterocycles. The number of amides is 4. The minimum absolute atomic E-state index is 0.0227. The van der Waals surface area contributed by atoms with Crippen LogP contribution in [0.3, 0.4) is 0 Å². The molecule has 0 bridgehead atoms. The van der Waals surface area contributed by atoms with E-state index in [2.05, 4.69) is 51.8 Å². The van der Waals surface area contributed by atoms with Crippen LogP contribution in [-0.4, -0.2) is 54.1 Å². The van der Waals surface area contributed by atoms with Crippen molar-refractivity contribution >= 4 is 28.5 Å². The van der Waals surface area contributed by atoms with Crippen LogP contribution in [0.25, 0.3) is 11.3 Å². The zero-order valence-corrected chi connectivity index (χ0v) is 49.1. The van der Waals surface area contributed by atoms with Crippen molar-refractivity contribution in [2.75, 3.05) is 11.9 Å². The maximum atomic E-state index is 13.9. The first-order valence-corrected chi connectivity index (χ1v) is 28.6. The maximum absolute atomic E-state index is 13.9. The van der Waals surface area contributed by atoms with E-state index in [1.54, 1.807) is 66.7 Å². The third kappa shape index (κ3) is 21.6. The molecule has 0 saturated heterocycles. The number of alkyl halides is 14. The molecular weight excluding hydrogens is 1260 g/mol. The number of hydrogen-bond donors (Lipinski definition) is 5. The Morgan fingerprint density at radius 2 is 0.859 bits per heavy atom. The molecule has 0 atom stereocenters. The number of carbonyl (C=O) groups is 2. The van der Waals surface area contributed by atoms with Crippen molar-refractivity contribution in [2.24, 2.45) is 0 Å². The Morgan fingerprint density at radius 3 is 1.25 bits per heavy atom. The summed E-state index contributed by atoms with van der Waals surface area (Å²) in [6.45, 7) is 4.44. The van der Waals surface area contributed by atoms with Gasteiger partial charge in [0, 0.05) is 49.2 Å². The van der Waals surface area contributed by atoms with Crippen molar-refractivity contribution in [3.05, 3.63) is 239 Å². The smallest absolute Gasteiger partial charge is 0.513 e. The number of rotatable bonds is 24. The third-order valence-electron chi connectivity index (χ3n) is 13.6. The topological polar surface area (TPSA) is 152 Å². The molecule has 0 aliphatic rings. The number of nitrogens with one attached hydrogen (secondary N) is 4. The van der Waals surface area contributed by atoms with Gasteiger partial charge in [0.15, 0.2) is 5.13 Å². The lowest BCUT2D eigenvalue weighted by atomic mass is 9.77. The number of benzene rings is 7. The summed E-state index contributed by atoms with van der Waals surface area (Å²) >= 11 is 0.965. The standard InChI is InChI=1S/C34H25F8N3O3S.C31H32F6N2O4/c1-31(35,36)23-11-5-10-22(16-23)28-20-49-30(43-28)44-29(46)45-32(19-21-8-3-2-4-9-21,24-12-6-14-26(17-24)47-33(37,38)39)25-13-7-15-27(18-25)48-34(40,41)42;1-22(40)11-5-2-3-8-18-38-28(41)39-29(21-23-12-6-4-7-13-23,24-14-9-16-26(19-24)42-30(32,33)34)25-15-10-17-27(20-25)43-31(35,36)37/h2-18,20H,19H2,1H3,(H2,43,44,45,46);4,6-7,9-10,12-17,19-20,40H,1-3,5,8,11,18,21H2,(H2,38,39,41). The predicted octanol–water partition coefficient (Wildman–Crippen LogP) is 18.3. The molecule has 12 nitrogen and oxygen atoms in total. The first-order chi connectivity index (χ1) is 43.2. The zero-order chi connectivity index (χ0) is 67.0. The molecule has 8 rings (SSSR count). The number of anilines is 1. The fraction of sp³-hybridized carbons (Fsp3) is 0.246. The summed E-state index contributed by atoms with van der Waals surface area (Å²) in [6.07, 6.45) is -17.0. The zero-order valence-electron chi connectivity index (χ0n) is 48.3. The molecule has 0 aliphatic carbocycles. The van der Waals surface area contributed by atoms with Gasteiger partial charge in [-0.15, -0.1) is 64.0 Å². The fourth-order valence-corrected chi connectivity index (χ4v) is 10.5. The SMILES string of the molecule is C=C(O)CCCCCCNC(=O)NC(Cc1ccccc1)(c1cccc(OC(F)(F)F)c1)c1cccc(OC(F)(F)F)c1.CC(F)(F)c1cccc(-c2csc(NC(=O)NC(Cc3ccccc3)(c3cccc(OC(F)(F)F)c3)c3cccc(OC(F)(F)F)c3)n2)c1. The van der Waals surface area contributed by atoms with Crippen molar-refractivity contribution < 1.29 is 95.1 Å². The number of aliphatic hydroxyl groups is 1. The molecule has 0 saturated carbocycles. The Bertz CT molecular complexity index is 3610. The summed E-state index contributed by atoms with van der Waals surface area (Å²) in [5.41, 5.74) is -1.63. The molecule has 1 heterocycles. The van der Waals surface area contributed by atoms with Crippen LogP contribution in [-0.2, 0) is 29.8 Å². The van der Waals surface area contributed by atoms with Gasteiger partial charge in [-0.1, -0.05) is 147 Å². The summed E-state index contributed by atoms with van der Waals surface area (Å²) < 4.78 is 202. The highest BCUT2D eigenvalue weighted by molar-refractivity contribution is 7.14. The van der Waals surface area contributed by atoms with E-state index in [9.17, 15) is 76.2 Å². The quantitative estimate of drug-likeness (QED) is 0.0228. The van der Waals surface area contributed by atoms with E-state index in [0.29, 0.717) is 29.5 Å². The van der Waals surface area contributed by atoms with Gasteiger partial charge >= 0.3 is 37.5 Å². The Morgan fingerprint density at radius 1 is 0.478 bits per heavy atom. The van der Waals surface area contributed by atoms with E-state index >= 15 is 0 Å².